The summed E-state index contributed by atoms with van der Waals surface area (Å²) in [5.74, 6) is -0.275. The number of ether oxygens (including phenoxy) is 4. The van der Waals surface area contributed by atoms with Crippen LogP contribution >= 0.6 is 0 Å². The molecule has 0 spiro atoms. The molecule has 0 atom stereocenters. The predicted molar refractivity (Wildman–Crippen MR) is 68.3 cm³/mol. The SMILES string of the molecule is CCC(=O)OCOC(COC(C)C)COC(C)C. The third-order valence-electron chi connectivity index (χ3n) is 2.04. The van der Waals surface area contributed by atoms with Crippen molar-refractivity contribution in [2.75, 3.05) is 20.0 Å². The second kappa shape index (κ2) is 10.3. The van der Waals surface area contributed by atoms with Crippen LogP contribution in [0.15, 0.2) is 0 Å². The minimum atomic E-state index is -0.275. The maximum absolute atomic E-state index is 11.0. The minimum Gasteiger partial charge on any atom is -0.438 e. The minimum absolute atomic E-state index is 0.0553. The van der Waals surface area contributed by atoms with E-state index in [2.05, 4.69) is 0 Å². The van der Waals surface area contributed by atoms with Gasteiger partial charge in [-0.05, 0) is 27.7 Å². The third kappa shape index (κ3) is 10.5. The van der Waals surface area contributed by atoms with Crippen molar-refractivity contribution in [2.45, 2.75) is 59.4 Å². The first-order valence-corrected chi connectivity index (χ1v) is 6.46. The molecule has 0 radical (unpaired) electrons. The Morgan fingerprint density at radius 3 is 1.83 bits per heavy atom. The van der Waals surface area contributed by atoms with Crippen LogP contribution in [0, 0.1) is 0 Å². The third-order valence-corrected chi connectivity index (χ3v) is 2.04. The van der Waals surface area contributed by atoms with Gasteiger partial charge in [0.05, 0.1) is 25.4 Å². The summed E-state index contributed by atoms with van der Waals surface area (Å²) in [6.07, 6.45) is 0.389. The first-order valence-electron chi connectivity index (χ1n) is 6.46. The lowest BCUT2D eigenvalue weighted by atomic mass is 10.4. The van der Waals surface area contributed by atoms with E-state index in [1.165, 1.54) is 0 Å². The second-order valence-electron chi connectivity index (χ2n) is 4.54. The molecule has 0 bridgehead atoms. The Hall–Kier alpha value is -0.650. The van der Waals surface area contributed by atoms with Crippen LogP contribution in [0.25, 0.3) is 0 Å². The molecule has 0 amide bonds. The smallest absolute Gasteiger partial charge is 0.307 e. The molecule has 0 aliphatic rings. The van der Waals surface area contributed by atoms with Gasteiger partial charge < -0.3 is 18.9 Å². The highest BCUT2D eigenvalue weighted by atomic mass is 16.7. The fourth-order valence-corrected chi connectivity index (χ4v) is 1.04. The molecule has 108 valence electrons. The zero-order valence-corrected chi connectivity index (χ0v) is 12.1. The van der Waals surface area contributed by atoms with E-state index in [0.717, 1.165) is 0 Å². The Bertz CT molecular complexity index is 203. The van der Waals surface area contributed by atoms with Crippen LogP contribution in [-0.2, 0) is 23.7 Å². The molecule has 5 nitrogen and oxygen atoms in total. The fraction of sp³-hybridized carbons (Fsp3) is 0.923. The molecule has 18 heavy (non-hydrogen) atoms. The molecular formula is C13H26O5. The van der Waals surface area contributed by atoms with Gasteiger partial charge in [0, 0.05) is 6.42 Å². The van der Waals surface area contributed by atoms with Gasteiger partial charge in [0.2, 0.25) is 0 Å². The van der Waals surface area contributed by atoms with E-state index in [9.17, 15) is 4.79 Å². The van der Waals surface area contributed by atoms with E-state index in [4.69, 9.17) is 18.9 Å². The Balaban J connectivity index is 3.91. The van der Waals surface area contributed by atoms with Crippen LogP contribution in [0.3, 0.4) is 0 Å². The van der Waals surface area contributed by atoms with E-state index >= 15 is 0 Å². The maximum atomic E-state index is 11.0. The molecule has 5 heteroatoms. The number of carbonyl (C=O) groups is 1. The van der Waals surface area contributed by atoms with Crippen molar-refractivity contribution in [3.05, 3.63) is 0 Å². The number of carbonyl (C=O) groups excluding carboxylic acids is 1. The average Bonchev–Trinajstić information content (AvgIpc) is 2.31. The Kier molecular flexibility index (Phi) is 9.92. The van der Waals surface area contributed by atoms with Gasteiger partial charge in [-0.15, -0.1) is 0 Å². The average molecular weight is 262 g/mol. The van der Waals surface area contributed by atoms with Crippen molar-refractivity contribution in [1.29, 1.82) is 0 Å². The second-order valence-corrected chi connectivity index (χ2v) is 4.54. The highest BCUT2D eigenvalue weighted by Crippen LogP contribution is 2.01. The zero-order chi connectivity index (χ0) is 14.0. The topological polar surface area (TPSA) is 54.0 Å². The van der Waals surface area contributed by atoms with Crippen molar-refractivity contribution in [1.82, 2.24) is 0 Å². The first kappa shape index (κ1) is 17.4. The lowest BCUT2D eigenvalue weighted by Crippen LogP contribution is -2.29. The van der Waals surface area contributed by atoms with Gasteiger partial charge in [0.1, 0.15) is 6.10 Å². The van der Waals surface area contributed by atoms with Crippen molar-refractivity contribution in [3.8, 4) is 0 Å². The van der Waals surface area contributed by atoms with Crippen molar-refractivity contribution >= 4 is 5.97 Å². The van der Waals surface area contributed by atoms with Crippen molar-refractivity contribution in [2.24, 2.45) is 0 Å². The summed E-state index contributed by atoms with van der Waals surface area (Å²) in [5, 5.41) is 0. The molecule has 0 unspecified atom stereocenters. The van der Waals surface area contributed by atoms with Gasteiger partial charge in [-0.25, -0.2) is 0 Å². The molecule has 0 aromatic heterocycles. The van der Waals surface area contributed by atoms with Crippen LogP contribution in [0.4, 0.5) is 0 Å². The molecule has 0 rings (SSSR count). The Labute approximate surface area is 110 Å². The van der Waals surface area contributed by atoms with E-state index in [-0.39, 0.29) is 31.1 Å². The lowest BCUT2D eigenvalue weighted by molar-refractivity contribution is -0.170. The quantitative estimate of drug-likeness (QED) is 0.446. The van der Waals surface area contributed by atoms with Crippen LogP contribution < -0.4 is 0 Å². The standard InChI is InChI=1S/C13H26O5/c1-6-13(14)18-9-17-12(7-15-10(2)3)8-16-11(4)5/h10-12H,6-9H2,1-5H3. The van der Waals surface area contributed by atoms with Crippen LogP contribution in [0.5, 0.6) is 0 Å². The fourth-order valence-electron chi connectivity index (χ4n) is 1.04. The van der Waals surface area contributed by atoms with Crippen LogP contribution in [-0.4, -0.2) is 44.3 Å². The summed E-state index contributed by atoms with van der Waals surface area (Å²) in [6.45, 7) is 10.4. The number of hydrogen-bond donors (Lipinski definition) is 0. The largest absolute Gasteiger partial charge is 0.438 e. The van der Waals surface area contributed by atoms with Gasteiger partial charge >= 0.3 is 5.97 Å². The summed E-state index contributed by atoms with van der Waals surface area (Å²) >= 11 is 0. The van der Waals surface area contributed by atoms with E-state index in [1.807, 2.05) is 27.7 Å². The van der Waals surface area contributed by atoms with E-state index < -0.39 is 0 Å². The molecule has 0 heterocycles. The lowest BCUT2D eigenvalue weighted by Gasteiger charge is -2.20. The van der Waals surface area contributed by atoms with Gasteiger partial charge in [-0.1, -0.05) is 6.92 Å². The molecule has 0 fully saturated rings. The predicted octanol–water partition coefficient (Wildman–Crippen LogP) is 2.13. The zero-order valence-electron chi connectivity index (χ0n) is 12.1. The molecule has 0 aromatic rings. The van der Waals surface area contributed by atoms with Gasteiger partial charge in [-0.3, -0.25) is 4.79 Å². The highest BCUT2D eigenvalue weighted by molar-refractivity contribution is 5.68. The van der Waals surface area contributed by atoms with Crippen LogP contribution in [0.2, 0.25) is 0 Å². The maximum Gasteiger partial charge on any atom is 0.307 e. The Morgan fingerprint density at radius 1 is 0.944 bits per heavy atom. The number of hydrogen-bond acceptors (Lipinski definition) is 5. The summed E-state index contributed by atoms with van der Waals surface area (Å²) in [4.78, 5) is 11.0. The summed E-state index contributed by atoms with van der Waals surface area (Å²) in [7, 11) is 0. The Morgan fingerprint density at radius 2 is 1.44 bits per heavy atom. The molecule has 0 aliphatic carbocycles. The van der Waals surface area contributed by atoms with E-state index in [0.29, 0.717) is 19.6 Å². The van der Waals surface area contributed by atoms with Crippen LogP contribution in [0.1, 0.15) is 41.0 Å². The normalized spacial score (nSPS) is 11.6. The molecular weight excluding hydrogens is 236 g/mol. The number of rotatable bonds is 10. The molecule has 0 aromatic carbocycles. The van der Waals surface area contributed by atoms with Gasteiger partial charge in [0.15, 0.2) is 6.79 Å². The molecule has 0 aliphatic heterocycles. The first-order chi connectivity index (χ1) is 8.45. The van der Waals surface area contributed by atoms with Gasteiger partial charge in [-0.2, -0.15) is 0 Å². The summed E-state index contributed by atoms with van der Waals surface area (Å²) in [6, 6.07) is 0. The van der Waals surface area contributed by atoms with Crippen molar-refractivity contribution < 1.29 is 23.7 Å². The van der Waals surface area contributed by atoms with Crippen molar-refractivity contribution in [3.63, 3.8) is 0 Å². The summed E-state index contributed by atoms with van der Waals surface area (Å²) < 4.78 is 21.2. The summed E-state index contributed by atoms with van der Waals surface area (Å²) in [5.41, 5.74) is 0. The highest BCUT2D eigenvalue weighted by Gasteiger charge is 2.13. The molecule has 0 saturated carbocycles. The monoisotopic (exact) mass is 262 g/mol. The molecule has 0 saturated heterocycles. The number of esters is 1. The van der Waals surface area contributed by atoms with Gasteiger partial charge in [0.25, 0.3) is 0 Å². The molecule has 0 N–H and O–H groups in total. The van der Waals surface area contributed by atoms with E-state index in [1.54, 1.807) is 6.92 Å².